The number of rotatable bonds is 6. The fourth-order valence-corrected chi connectivity index (χ4v) is 2.29. The molecule has 0 saturated carbocycles. The largest absolute Gasteiger partial charge is 0.393 e. The molecule has 0 aliphatic carbocycles. The van der Waals surface area contributed by atoms with Crippen molar-refractivity contribution in [3.05, 3.63) is 28.3 Å². The summed E-state index contributed by atoms with van der Waals surface area (Å²) < 4.78 is 0. The second-order valence-electron chi connectivity index (χ2n) is 3.53. The summed E-state index contributed by atoms with van der Waals surface area (Å²) in [5.41, 5.74) is 5.82. The first-order valence-corrected chi connectivity index (χ1v) is 6.30. The SMILES string of the molecule is CCCCCSc1ccc([N+](=O)[O-])c(N)c1. The first kappa shape index (κ1) is 12.8. The zero-order valence-electron chi connectivity index (χ0n) is 9.31. The summed E-state index contributed by atoms with van der Waals surface area (Å²) >= 11 is 1.69. The number of nitrogens with zero attached hydrogens (tertiary/aromatic N) is 1. The minimum absolute atomic E-state index is 0.0158. The lowest BCUT2D eigenvalue weighted by atomic mass is 10.3. The Morgan fingerprint density at radius 2 is 2.19 bits per heavy atom. The van der Waals surface area contributed by atoms with Crippen LogP contribution in [0.5, 0.6) is 0 Å². The van der Waals surface area contributed by atoms with Crippen LogP contribution in [0.25, 0.3) is 0 Å². The van der Waals surface area contributed by atoms with E-state index in [4.69, 9.17) is 5.73 Å². The highest BCUT2D eigenvalue weighted by Crippen LogP contribution is 2.28. The van der Waals surface area contributed by atoms with E-state index in [9.17, 15) is 10.1 Å². The van der Waals surface area contributed by atoms with Crippen molar-refractivity contribution < 1.29 is 4.92 Å². The molecule has 0 saturated heterocycles. The predicted octanol–water partition coefficient (Wildman–Crippen LogP) is 3.46. The number of hydrogen-bond acceptors (Lipinski definition) is 4. The van der Waals surface area contributed by atoms with Gasteiger partial charge >= 0.3 is 0 Å². The summed E-state index contributed by atoms with van der Waals surface area (Å²) in [6, 6.07) is 4.90. The molecule has 0 aliphatic heterocycles. The smallest absolute Gasteiger partial charge is 0.292 e. The van der Waals surface area contributed by atoms with E-state index in [0.717, 1.165) is 17.1 Å². The Labute approximate surface area is 99.4 Å². The van der Waals surface area contributed by atoms with Crippen LogP contribution < -0.4 is 5.73 Å². The molecule has 5 heteroatoms. The maximum atomic E-state index is 10.6. The average molecular weight is 240 g/mol. The molecule has 0 spiro atoms. The summed E-state index contributed by atoms with van der Waals surface area (Å²) in [5.74, 6) is 1.03. The first-order valence-electron chi connectivity index (χ1n) is 5.32. The predicted molar refractivity (Wildman–Crippen MR) is 67.8 cm³/mol. The summed E-state index contributed by atoms with van der Waals surface area (Å²) in [4.78, 5) is 11.1. The van der Waals surface area contributed by atoms with Crippen molar-refractivity contribution in [3.63, 3.8) is 0 Å². The van der Waals surface area contributed by atoms with Crippen molar-refractivity contribution in [2.75, 3.05) is 11.5 Å². The molecule has 0 fully saturated rings. The van der Waals surface area contributed by atoms with Crippen molar-refractivity contribution in [1.29, 1.82) is 0 Å². The molecule has 88 valence electrons. The van der Waals surface area contributed by atoms with Gasteiger partial charge in [0.2, 0.25) is 0 Å². The first-order chi connectivity index (χ1) is 7.65. The highest BCUT2D eigenvalue weighted by Gasteiger charge is 2.10. The van der Waals surface area contributed by atoms with E-state index in [0.29, 0.717) is 0 Å². The van der Waals surface area contributed by atoms with Crippen LogP contribution >= 0.6 is 11.8 Å². The van der Waals surface area contributed by atoms with Gasteiger partial charge in [0.15, 0.2) is 0 Å². The highest BCUT2D eigenvalue weighted by atomic mass is 32.2. The third kappa shape index (κ3) is 3.73. The minimum atomic E-state index is -0.457. The zero-order valence-corrected chi connectivity index (χ0v) is 10.1. The lowest BCUT2D eigenvalue weighted by Crippen LogP contribution is -1.95. The van der Waals surface area contributed by atoms with Gasteiger partial charge in [-0.05, 0) is 24.3 Å². The number of hydrogen-bond donors (Lipinski definition) is 1. The van der Waals surface area contributed by atoms with E-state index in [2.05, 4.69) is 6.92 Å². The van der Waals surface area contributed by atoms with Crippen LogP contribution in [0, 0.1) is 10.1 Å². The van der Waals surface area contributed by atoms with E-state index in [1.165, 1.54) is 18.9 Å². The van der Waals surface area contributed by atoms with Crippen molar-refractivity contribution in [2.24, 2.45) is 0 Å². The van der Waals surface area contributed by atoms with Crippen LogP contribution in [-0.2, 0) is 0 Å². The molecular formula is C11H16N2O2S. The van der Waals surface area contributed by atoms with Gasteiger partial charge in [0.05, 0.1) is 4.92 Å². The molecule has 0 aromatic heterocycles. The topological polar surface area (TPSA) is 69.2 Å². The Balaban J connectivity index is 2.56. The van der Waals surface area contributed by atoms with E-state index < -0.39 is 4.92 Å². The zero-order chi connectivity index (χ0) is 12.0. The molecule has 16 heavy (non-hydrogen) atoms. The van der Waals surface area contributed by atoms with E-state index in [1.807, 2.05) is 0 Å². The van der Waals surface area contributed by atoms with E-state index in [-0.39, 0.29) is 11.4 Å². The Bertz CT molecular complexity index is 369. The van der Waals surface area contributed by atoms with E-state index >= 15 is 0 Å². The fraction of sp³-hybridized carbons (Fsp3) is 0.455. The molecule has 0 radical (unpaired) electrons. The molecule has 1 rings (SSSR count). The third-order valence-electron chi connectivity index (χ3n) is 2.21. The van der Waals surface area contributed by atoms with Crippen molar-refractivity contribution >= 4 is 23.1 Å². The van der Waals surface area contributed by atoms with Gasteiger partial charge in [0.1, 0.15) is 5.69 Å². The number of nitrogens with two attached hydrogens (primary N) is 1. The van der Waals surface area contributed by atoms with Gasteiger partial charge in [-0.25, -0.2) is 0 Å². The lowest BCUT2D eigenvalue weighted by Gasteiger charge is -2.02. The fourth-order valence-electron chi connectivity index (χ4n) is 1.33. The Kier molecular flexibility index (Phi) is 5.11. The number of unbranched alkanes of at least 4 members (excludes halogenated alkanes) is 2. The number of thioether (sulfide) groups is 1. The normalized spacial score (nSPS) is 10.3. The van der Waals surface area contributed by atoms with Crippen LogP contribution in [0.1, 0.15) is 26.2 Å². The van der Waals surface area contributed by atoms with Crippen LogP contribution in [0.2, 0.25) is 0 Å². The Morgan fingerprint density at radius 1 is 1.44 bits per heavy atom. The molecule has 0 heterocycles. The number of benzene rings is 1. The summed E-state index contributed by atoms with van der Waals surface area (Å²) in [5, 5.41) is 10.6. The Morgan fingerprint density at radius 3 is 2.75 bits per heavy atom. The van der Waals surface area contributed by atoms with Gasteiger partial charge in [-0.15, -0.1) is 11.8 Å². The molecule has 0 aliphatic rings. The van der Waals surface area contributed by atoms with Crippen LogP contribution in [0.3, 0.4) is 0 Å². The number of nitro benzene ring substituents is 1. The molecule has 0 unspecified atom stereocenters. The Hall–Kier alpha value is -1.23. The molecule has 1 aromatic rings. The molecule has 0 bridgehead atoms. The second-order valence-corrected chi connectivity index (χ2v) is 4.70. The molecule has 4 nitrogen and oxygen atoms in total. The number of nitro groups is 1. The minimum Gasteiger partial charge on any atom is -0.393 e. The summed E-state index contributed by atoms with van der Waals surface area (Å²) in [6.07, 6.45) is 3.58. The lowest BCUT2D eigenvalue weighted by molar-refractivity contribution is -0.383. The average Bonchev–Trinajstić information content (AvgIpc) is 2.24. The summed E-state index contributed by atoms with van der Waals surface area (Å²) in [7, 11) is 0. The van der Waals surface area contributed by atoms with Crippen LogP contribution in [0.4, 0.5) is 11.4 Å². The standard InChI is InChI=1S/C11H16N2O2S/c1-2-3-4-7-16-9-5-6-11(13(14)15)10(12)8-9/h5-6,8H,2-4,7,12H2,1H3. The van der Waals surface area contributed by atoms with Gasteiger partial charge in [0.25, 0.3) is 5.69 Å². The molecule has 2 N–H and O–H groups in total. The van der Waals surface area contributed by atoms with Gasteiger partial charge in [-0.3, -0.25) is 10.1 Å². The highest BCUT2D eigenvalue weighted by molar-refractivity contribution is 7.99. The van der Waals surface area contributed by atoms with Crippen molar-refractivity contribution in [2.45, 2.75) is 31.1 Å². The second kappa shape index (κ2) is 6.37. The molecule has 0 amide bonds. The van der Waals surface area contributed by atoms with Gasteiger partial charge in [-0.2, -0.15) is 0 Å². The number of nitrogen functional groups attached to an aromatic ring is 1. The van der Waals surface area contributed by atoms with E-state index in [1.54, 1.807) is 23.9 Å². The molecular weight excluding hydrogens is 224 g/mol. The van der Waals surface area contributed by atoms with Gasteiger partial charge in [-0.1, -0.05) is 19.8 Å². The quantitative estimate of drug-likeness (QED) is 0.272. The van der Waals surface area contributed by atoms with Crippen molar-refractivity contribution in [1.82, 2.24) is 0 Å². The van der Waals surface area contributed by atoms with Gasteiger partial charge < -0.3 is 5.73 Å². The van der Waals surface area contributed by atoms with Gasteiger partial charge in [0, 0.05) is 11.0 Å². The monoisotopic (exact) mass is 240 g/mol. The maximum absolute atomic E-state index is 10.6. The molecule has 1 aromatic carbocycles. The summed E-state index contributed by atoms with van der Waals surface area (Å²) in [6.45, 7) is 2.16. The van der Waals surface area contributed by atoms with Crippen LogP contribution in [0.15, 0.2) is 23.1 Å². The third-order valence-corrected chi connectivity index (χ3v) is 3.29. The number of anilines is 1. The van der Waals surface area contributed by atoms with Crippen LogP contribution in [-0.4, -0.2) is 10.7 Å². The van der Waals surface area contributed by atoms with Crippen molar-refractivity contribution in [3.8, 4) is 0 Å². The molecule has 0 atom stereocenters. The maximum Gasteiger partial charge on any atom is 0.292 e.